The lowest BCUT2D eigenvalue weighted by molar-refractivity contribution is 0.0600. The van der Waals surface area contributed by atoms with Crippen molar-refractivity contribution in [3.05, 3.63) is 64.3 Å². The van der Waals surface area contributed by atoms with Gasteiger partial charge in [0.15, 0.2) is 0 Å². The minimum Gasteiger partial charge on any atom is -0.465 e. The number of hydrogen-bond donors (Lipinski definition) is 1. The summed E-state index contributed by atoms with van der Waals surface area (Å²) in [5.41, 5.74) is 1.75. The molecule has 6 nitrogen and oxygen atoms in total. The summed E-state index contributed by atoms with van der Waals surface area (Å²) in [6.45, 7) is 1.96. The van der Waals surface area contributed by atoms with Gasteiger partial charge in [0.05, 0.1) is 29.1 Å². The van der Waals surface area contributed by atoms with E-state index in [2.05, 4.69) is 15.0 Å². The topological polar surface area (TPSA) is 72.7 Å². The number of anilines is 1. The third kappa shape index (κ3) is 3.78. The van der Waals surface area contributed by atoms with Crippen LogP contribution in [0.3, 0.4) is 0 Å². The molecule has 0 radical (unpaired) electrons. The number of aryl methyl sites for hydroxylation is 1. The molecule has 3 rings (SSSR count). The van der Waals surface area contributed by atoms with E-state index in [1.54, 1.807) is 0 Å². The van der Waals surface area contributed by atoms with Gasteiger partial charge in [-0.05, 0) is 36.8 Å². The molecule has 0 aliphatic rings. The number of fused-ring (bicyclic) bond motifs is 1. The number of aromatic nitrogens is 2. The van der Waals surface area contributed by atoms with Crippen LogP contribution >= 0.6 is 11.6 Å². The van der Waals surface area contributed by atoms with Crippen molar-refractivity contribution in [1.29, 1.82) is 0 Å². The first kappa shape index (κ1) is 18.8. The molecule has 0 saturated carbocycles. The first-order valence-corrected chi connectivity index (χ1v) is 8.68. The Morgan fingerprint density at radius 2 is 2.07 bits per heavy atom. The summed E-state index contributed by atoms with van der Waals surface area (Å²) in [6, 6.07) is 7.21. The number of benzene rings is 1. The molecular weight excluding hydrogens is 373 g/mol. The lowest BCUT2D eigenvalue weighted by Gasteiger charge is -2.10. The second kappa shape index (κ2) is 7.75. The van der Waals surface area contributed by atoms with E-state index in [1.165, 1.54) is 48.0 Å². The van der Waals surface area contributed by atoms with Gasteiger partial charge in [0, 0.05) is 6.20 Å². The van der Waals surface area contributed by atoms with Crippen molar-refractivity contribution in [3.63, 3.8) is 0 Å². The Morgan fingerprint density at radius 3 is 2.78 bits per heavy atom. The summed E-state index contributed by atoms with van der Waals surface area (Å²) in [5.74, 6) is -1.53. The largest absolute Gasteiger partial charge is 0.465 e. The quantitative estimate of drug-likeness (QED) is 0.666. The summed E-state index contributed by atoms with van der Waals surface area (Å²) in [4.78, 5) is 29.1. The number of methoxy groups -OCH3 is 1. The van der Waals surface area contributed by atoms with Crippen LogP contribution in [-0.4, -0.2) is 28.4 Å². The molecule has 0 aliphatic carbocycles. The Balaban J connectivity index is 2.03. The molecule has 0 spiro atoms. The van der Waals surface area contributed by atoms with Gasteiger partial charge in [-0.1, -0.05) is 24.9 Å². The molecule has 0 aliphatic heterocycles. The van der Waals surface area contributed by atoms with Crippen LogP contribution in [-0.2, 0) is 11.2 Å². The van der Waals surface area contributed by atoms with E-state index in [4.69, 9.17) is 11.6 Å². The zero-order valence-corrected chi connectivity index (χ0v) is 15.5. The van der Waals surface area contributed by atoms with Gasteiger partial charge >= 0.3 is 5.97 Å². The van der Waals surface area contributed by atoms with Gasteiger partial charge in [0.25, 0.3) is 5.91 Å². The maximum atomic E-state index is 13.7. The van der Waals surface area contributed by atoms with Crippen molar-refractivity contribution in [2.75, 3.05) is 12.4 Å². The highest BCUT2D eigenvalue weighted by Crippen LogP contribution is 2.25. The Bertz CT molecular complexity index is 1030. The Hall–Kier alpha value is -2.93. The number of hydrogen-bond acceptors (Lipinski definition) is 4. The monoisotopic (exact) mass is 389 g/mol. The highest BCUT2D eigenvalue weighted by molar-refractivity contribution is 6.34. The van der Waals surface area contributed by atoms with Crippen molar-refractivity contribution < 1.29 is 18.7 Å². The molecule has 1 aromatic carbocycles. The molecule has 0 unspecified atom stereocenters. The second-order valence-electron chi connectivity index (χ2n) is 5.87. The van der Waals surface area contributed by atoms with Gasteiger partial charge < -0.3 is 10.1 Å². The van der Waals surface area contributed by atoms with E-state index in [9.17, 15) is 14.0 Å². The van der Waals surface area contributed by atoms with Crippen molar-refractivity contribution >= 4 is 34.8 Å². The first-order valence-electron chi connectivity index (χ1n) is 8.30. The molecular formula is C19H17ClFN3O3. The molecule has 1 amide bonds. The van der Waals surface area contributed by atoms with E-state index in [0.29, 0.717) is 17.8 Å². The lowest BCUT2D eigenvalue weighted by atomic mass is 10.1. The average molecular weight is 390 g/mol. The van der Waals surface area contributed by atoms with Crippen LogP contribution in [0.15, 0.2) is 36.5 Å². The molecule has 1 N–H and O–H groups in total. The summed E-state index contributed by atoms with van der Waals surface area (Å²) >= 11 is 6.14. The van der Waals surface area contributed by atoms with Gasteiger partial charge in [0.1, 0.15) is 17.2 Å². The second-order valence-corrected chi connectivity index (χ2v) is 6.28. The normalized spacial score (nSPS) is 10.8. The molecule has 0 bridgehead atoms. The standard InChI is InChI=1S/C19H17ClFN3O3/c1-3-4-14-17(24-10-12(21)6-8-16(24)22-14)18(25)23-15-9-11(19(26)27-2)5-7-13(15)20/h5-10H,3-4H2,1-2H3,(H,23,25). The third-order valence-corrected chi connectivity index (χ3v) is 4.32. The molecule has 0 fully saturated rings. The van der Waals surface area contributed by atoms with E-state index < -0.39 is 17.7 Å². The fourth-order valence-electron chi connectivity index (χ4n) is 2.77. The fourth-order valence-corrected chi connectivity index (χ4v) is 2.93. The minimum atomic E-state index is -0.550. The van der Waals surface area contributed by atoms with Gasteiger partial charge in [0.2, 0.25) is 0 Å². The Labute approximate surface area is 159 Å². The van der Waals surface area contributed by atoms with Crippen LogP contribution in [0, 0.1) is 5.82 Å². The Morgan fingerprint density at radius 1 is 1.30 bits per heavy atom. The highest BCUT2D eigenvalue weighted by Gasteiger charge is 2.20. The van der Waals surface area contributed by atoms with Crippen LogP contribution < -0.4 is 5.32 Å². The maximum Gasteiger partial charge on any atom is 0.337 e. The number of esters is 1. The zero-order valence-electron chi connectivity index (χ0n) is 14.8. The summed E-state index contributed by atoms with van der Waals surface area (Å²) < 4.78 is 19.8. The summed E-state index contributed by atoms with van der Waals surface area (Å²) in [6.07, 6.45) is 2.54. The third-order valence-electron chi connectivity index (χ3n) is 3.99. The number of halogens is 2. The van der Waals surface area contributed by atoms with Crippen LogP contribution in [0.2, 0.25) is 5.02 Å². The van der Waals surface area contributed by atoms with Crippen molar-refractivity contribution in [2.24, 2.45) is 0 Å². The average Bonchev–Trinajstić information content (AvgIpc) is 3.00. The molecule has 3 aromatic rings. The molecule has 8 heteroatoms. The van der Waals surface area contributed by atoms with Crippen molar-refractivity contribution in [2.45, 2.75) is 19.8 Å². The van der Waals surface area contributed by atoms with E-state index in [1.807, 2.05) is 6.92 Å². The Kier molecular flexibility index (Phi) is 5.41. The molecule has 140 valence electrons. The maximum absolute atomic E-state index is 13.7. The minimum absolute atomic E-state index is 0.228. The summed E-state index contributed by atoms with van der Waals surface area (Å²) in [7, 11) is 1.26. The van der Waals surface area contributed by atoms with Crippen molar-refractivity contribution in [1.82, 2.24) is 9.38 Å². The number of carbonyl (C=O) groups is 2. The lowest BCUT2D eigenvalue weighted by Crippen LogP contribution is -2.17. The summed E-state index contributed by atoms with van der Waals surface area (Å²) in [5, 5.41) is 2.94. The molecule has 2 aromatic heterocycles. The molecule has 2 heterocycles. The number of pyridine rings is 1. The van der Waals surface area contributed by atoms with Gasteiger partial charge in [-0.3, -0.25) is 9.20 Å². The molecule has 0 atom stereocenters. The number of amides is 1. The fraction of sp³-hybridized carbons (Fsp3) is 0.211. The molecule has 0 saturated heterocycles. The van der Waals surface area contributed by atoms with Gasteiger partial charge in [-0.15, -0.1) is 0 Å². The smallest absolute Gasteiger partial charge is 0.337 e. The molecule has 27 heavy (non-hydrogen) atoms. The predicted octanol–water partition coefficient (Wildman–Crippen LogP) is 4.12. The van der Waals surface area contributed by atoms with Crippen LogP contribution in [0.5, 0.6) is 0 Å². The number of imidazole rings is 1. The number of nitrogens with one attached hydrogen (secondary N) is 1. The van der Waals surface area contributed by atoms with E-state index in [0.717, 1.165) is 6.42 Å². The first-order chi connectivity index (χ1) is 12.9. The number of ether oxygens (including phenoxy) is 1. The number of nitrogens with zero attached hydrogens (tertiary/aromatic N) is 2. The van der Waals surface area contributed by atoms with E-state index >= 15 is 0 Å². The SMILES string of the molecule is CCCc1nc2ccc(F)cn2c1C(=O)Nc1cc(C(=O)OC)ccc1Cl. The number of carbonyl (C=O) groups excluding carboxylic acids is 2. The van der Waals surface area contributed by atoms with Crippen LogP contribution in [0.4, 0.5) is 10.1 Å². The highest BCUT2D eigenvalue weighted by atomic mass is 35.5. The van der Waals surface area contributed by atoms with Gasteiger partial charge in [-0.2, -0.15) is 0 Å². The predicted molar refractivity (Wildman–Crippen MR) is 99.9 cm³/mol. The number of rotatable bonds is 5. The van der Waals surface area contributed by atoms with Crippen LogP contribution in [0.1, 0.15) is 39.9 Å². The zero-order chi connectivity index (χ0) is 19.6. The van der Waals surface area contributed by atoms with E-state index in [-0.39, 0.29) is 22.0 Å². The van der Waals surface area contributed by atoms with Gasteiger partial charge in [-0.25, -0.2) is 14.2 Å². The van der Waals surface area contributed by atoms with Crippen LogP contribution in [0.25, 0.3) is 5.65 Å². The van der Waals surface area contributed by atoms with Crippen molar-refractivity contribution in [3.8, 4) is 0 Å².